The third-order valence-corrected chi connectivity index (χ3v) is 1.25. The Morgan fingerprint density at radius 1 is 1.17 bits per heavy atom. The zero-order chi connectivity index (χ0) is 6.97. The van der Waals surface area contributed by atoms with Gasteiger partial charge in [0.2, 0.25) is 0 Å². The van der Waals surface area contributed by atoms with Crippen molar-refractivity contribution in [2.24, 2.45) is 0 Å². The van der Waals surface area contributed by atoms with E-state index in [0.717, 1.165) is 0 Å². The van der Waals surface area contributed by atoms with Crippen LogP contribution in [0.5, 0.6) is 0 Å². The summed E-state index contributed by atoms with van der Waals surface area (Å²) in [5.74, 6) is 0.409. The fourth-order valence-corrected chi connectivity index (χ4v) is 0.783. The summed E-state index contributed by atoms with van der Waals surface area (Å²) in [6.07, 6.45) is 2.94. The summed E-state index contributed by atoms with van der Waals surface area (Å²) in [6, 6.07) is 0. The van der Waals surface area contributed by atoms with Gasteiger partial charge in [0.05, 0.1) is 6.33 Å². The fourth-order valence-electron chi connectivity index (χ4n) is 0.783. The number of aromatic amines is 1. The van der Waals surface area contributed by atoms with Crippen molar-refractivity contribution < 1.29 is 0 Å². The van der Waals surface area contributed by atoms with Gasteiger partial charge in [-0.05, 0) is 0 Å². The Morgan fingerprint density at radius 3 is 2.58 bits per heavy atom. The summed E-state index contributed by atoms with van der Waals surface area (Å²) in [5, 5.41) is 0. The first kappa shape index (κ1) is 10.9. The third kappa shape index (κ3) is 1.57. The van der Waals surface area contributed by atoms with Gasteiger partial charge in [-0.2, -0.15) is 0 Å². The van der Waals surface area contributed by atoms with Gasteiger partial charge < -0.3 is 10.7 Å². The lowest BCUT2D eigenvalue weighted by Gasteiger charge is -1.88. The van der Waals surface area contributed by atoms with Crippen LogP contribution in [0.1, 0.15) is 0 Å². The molecule has 12 heavy (non-hydrogen) atoms. The lowest BCUT2D eigenvalue weighted by atomic mass is 10.5. The lowest BCUT2D eigenvalue weighted by Crippen LogP contribution is -1.91. The Hall–Kier alpha value is -1.07. The highest BCUT2D eigenvalue weighted by Gasteiger charge is 1.99. The molecular formula is C5H7Cl2N5. The van der Waals surface area contributed by atoms with Gasteiger partial charge >= 0.3 is 0 Å². The summed E-state index contributed by atoms with van der Waals surface area (Å²) in [4.78, 5) is 14.4. The minimum absolute atomic E-state index is 0. The summed E-state index contributed by atoms with van der Waals surface area (Å²) < 4.78 is 0. The van der Waals surface area contributed by atoms with Gasteiger partial charge in [-0.3, -0.25) is 0 Å². The molecule has 2 heterocycles. The van der Waals surface area contributed by atoms with E-state index < -0.39 is 0 Å². The largest absolute Gasteiger partial charge is 0.382 e. The van der Waals surface area contributed by atoms with Crippen molar-refractivity contribution in [2.75, 3.05) is 5.73 Å². The molecule has 66 valence electrons. The number of imidazole rings is 1. The molecule has 0 spiro atoms. The predicted molar refractivity (Wildman–Crippen MR) is 50.6 cm³/mol. The summed E-state index contributed by atoms with van der Waals surface area (Å²) in [7, 11) is 0. The van der Waals surface area contributed by atoms with Crippen molar-refractivity contribution in [3.8, 4) is 0 Å². The molecule has 0 bridgehead atoms. The van der Waals surface area contributed by atoms with Crippen molar-refractivity contribution in [1.82, 2.24) is 19.9 Å². The van der Waals surface area contributed by atoms with Gasteiger partial charge in [-0.15, -0.1) is 24.8 Å². The second-order valence-electron chi connectivity index (χ2n) is 1.86. The molecule has 0 saturated carbocycles. The topological polar surface area (TPSA) is 80.5 Å². The monoisotopic (exact) mass is 207 g/mol. The molecule has 0 fully saturated rings. The van der Waals surface area contributed by atoms with Gasteiger partial charge in [-0.1, -0.05) is 0 Å². The smallest absolute Gasteiger partial charge is 0.162 e. The number of aromatic nitrogens is 4. The highest BCUT2D eigenvalue weighted by atomic mass is 35.5. The molecule has 0 aliphatic heterocycles. The van der Waals surface area contributed by atoms with E-state index in [4.69, 9.17) is 5.73 Å². The van der Waals surface area contributed by atoms with Crippen LogP contribution in [-0.4, -0.2) is 19.9 Å². The highest BCUT2D eigenvalue weighted by Crippen LogP contribution is 2.09. The van der Waals surface area contributed by atoms with Gasteiger partial charge in [0.15, 0.2) is 11.5 Å². The maximum atomic E-state index is 5.47. The second-order valence-corrected chi connectivity index (χ2v) is 1.86. The third-order valence-electron chi connectivity index (χ3n) is 1.25. The summed E-state index contributed by atoms with van der Waals surface area (Å²) >= 11 is 0. The SMILES string of the molecule is Cl.Cl.Nc1ncnc2[nH]cnc12. The van der Waals surface area contributed by atoms with Crippen molar-refractivity contribution in [1.29, 1.82) is 0 Å². The van der Waals surface area contributed by atoms with Crippen molar-refractivity contribution in [2.45, 2.75) is 0 Å². The Bertz CT molecular complexity index is 359. The van der Waals surface area contributed by atoms with E-state index in [1.807, 2.05) is 0 Å². The molecule has 3 N–H and O–H groups in total. The lowest BCUT2D eigenvalue weighted by molar-refractivity contribution is 1.21. The number of nitrogens with one attached hydrogen (secondary N) is 1. The molecule has 0 amide bonds. The van der Waals surface area contributed by atoms with Gasteiger partial charge in [-0.25, -0.2) is 15.0 Å². The first-order valence-corrected chi connectivity index (χ1v) is 2.77. The van der Waals surface area contributed by atoms with E-state index >= 15 is 0 Å². The van der Waals surface area contributed by atoms with Crippen LogP contribution in [0, 0.1) is 0 Å². The number of nitrogens with two attached hydrogens (primary N) is 1. The minimum atomic E-state index is 0. The zero-order valence-electron chi connectivity index (χ0n) is 5.89. The molecule has 0 saturated heterocycles. The second kappa shape index (κ2) is 4.08. The van der Waals surface area contributed by atoms with Crippen molar-refractivity contribution >= 4 is 41.8 Å². The van der Waals surface area contributed by atoms with Crippen LogP contribution < -0.4 is 5.73 Å². The molecule has 0 aromatic carbocycles. The van der Waals surface area contributed by atoms with Crippen LogP contribution in [0.15, 0.2) is 12.7 Å². The number of anilines is 1. The first-order chi connectivity index (χ1) is 4.88. The van der Waals surface area contributed by atoms with Crippen LogP contribution in [0.4, 0.5) is 5.82 Å². The van der Waals surface area contributed by atoms with E-state index in [1.165, 1.54) is 12.7 Å². The van der Waals surface area contributed by atoms with Crippen molar-refractivity contribution in [3.63, 3.8) is 0 Å². The van der Waals surface area contributed by atoms with Crippen molar-refractivity contribution in [3.05, 3.63) is 12.7 Å². The Kier molecular flexibility index (Phi) is 3.72. The normalized spacial score (nSPS) is 8.67. The molecule has 2 rings (SSSR count). The van der Waals surface area contributed by atoms with E-state index in [0.29, 0.717) is 17.0 Å². The predicted octanol–water partition coefficient (Wildman–Crippen LogP) is 0.779. The Balaban J connectivity index is 0.000000605. The maximum absolute atomic E-state index is 5.47. The zero-order valence-corrected chi connectivity index (χ0v) is 7.52. The number of H-pyrrole nitrogens is 1. The van der Waals surface area contributed by atoms with Crippen LogP contribution in [0.3, 0.4) is 0 Å². The number of fused-ring (bicyclic) bond motifs is 1. The Labute approximate surface area is 80.6 Å². The maximum Gasteiger partial charge on any atom is 0.162 e. The molecule has 2 aromatic heterocycles. The molecule has 2 aromatic rings. The summed E-state index contributed by atoms with van der Waals surface area (Å²) in [6.45, 7) is 0. The molecular weight excluding hydrogens is 201 g/mol. The van der Waals surface area contributed by atoms with Crippen LogP contribution in [-0.2, 0) is 0 Å². The number of halogens is 2. The van der Waals surface area contributed by atoms with Gasteiger partial charge in [0, 0.05) is 0 Å². The van der Waals surface area contributed by atoms with Crippen LogP contribution >= 0.6 is 24.8 Å². The molecule has 0 aliphatic carbocycles. The number of hydrogen-bond acceptors (Lipinski definition) is 4. The van der Waals surface area contributed by atoms with E-state index in [-0.39, 0.29) is 24.8 Å². The minimum Gasteiger partial charge on any atom is -0.382 e. The molecule has 0 atom stereocenters. The molecule has 5 nitrogen and oxygen atoms in total. The number of hydrogen-bond donors (Lipinski definition) is 2. The van der Waals surface area contributed by atoms with Gasteiger partial charge in [0.1, 0.15) is 11.8 Å². The standard InChI is InChI=1S/C5H5N5.2ClH/c6-4-3-5(9-1-7-3)10-2-8-4;;/h1-2H,(H3,6,7,8,9,10);2*1H. The molecule has 0 unspecified atom stereocenters. The number of rotatable bonds is 0. The molecule has 0 radical (unpaired) electrons. The fraction of sp³-hybridized carbons (Fsp3) is 0. The first-order valence-electron chi connectivity index (χ1n) is 2.77. The summed E-state index contributed by atoms with van der Waals surface area (Å²) in [5.41, 5.74) is 6.77. The average Bonchev–Trinajstić information content (AvgIpc) is 2.36. The van der Waals surface area contributed by atoms with E-state index in [2.05, 4.69) is 19.9 Å². The highest BCUT2D eigenvalue weighted by molar-refractivity contribution is 5.85. The molecule has 0 aliphatic rings. The Morgan fingerprint density at radius 2 is 1.92 bits per heavy atom. The quantitative estimate of drug-likeness (QED) is 0.670. The average molecular weight is 208 g/mol. The molecule has 7 heteroatoms. The van der Waals surface area contributed by atoms with Crippen LogP contribution in [0.2, 0.25) is 0 Å². The number of nitrogens with zero attached hydrogens (tertiary/aromatic N) is 3. The number of nitrogen functional groups attached to an aromatic ring is 1. The van der Waals surface area contributed by atoms with E-state index in [9.17, 15) is 0 Å². The van der Waals surface area contributed by atoms with Gasteiger partial charge in [0.25, 0.3) is 0 Å². The van der Waals surface area contributed by atoms with Crippen LogP contribution in [0.25, 0.3) is 11.2 Å². The van der Waals surface area contributed by atoms with E-state index in [1.54, 1.807) is 0 Å².